The molecule has 0 atom stereocenters. The molecule has 4 nitrogen and oxygen atoms in total. The van der Waals surface area contributed by atoms with E-state index >= 15 is 0 Å². The molecule has 4 heteroatoms. The number of nitrogens with zero attached hydrogens (tertiary/aromatic N) is 2. The Balaban J connectivity index is 0.596. The molecular weight excluding hydrogens is 1810 g/mol. The Hall–Kier alpha value is -19.5. The van der Waals surface area contributed by atoms with Crippen LogP contribution < -0.4 is 9.80 Å². The minimum atomic E-state index is -0.666. The van der Waals surface area contributed by atoms with Gasteiger partial charge in [0, 0.05) is 55.3 Å². The molecule has 32 rings (SSSR count). The number of furan rings is 2. The van der Waals surface area contributed by atoms with E-state index in [9.17, 15) is 0 Å². The van der Waals surface area contributed by atoms with Gasteiger partial charge in [0.2, 0.25) is 0 Å². The van der Waals surface area contributed by atoms with Crippen LogP contribution in [0.5, 0.6) is 0 Å². The lowest BCUT2D eigenvalue weighted by molar-refractivity contribution is 0.668. The number of rotatable bonds is 13. The maximum absolute atomic E-state index is 6.93. The summed E-state index contributed by atoms with van der Waals surface area (Å²) in [6.45, 7) is 0. The van der Waals surface area contributed by atoms with Gasteiger partial charge in [0.05, 0.1) is 27.9 Å². The van der Waals surface area contributed by atoms with Crippen molar-refractivity contribution in [1.29, 1.82) is 0 Å². The second kappa shape index (κ2) is 32.5. The van der Waals surface area contributed by atoms with Crippen LogP contribution in [0, 0.1) is 0 Å². The Bertz CT molecular complexity index is 10500. The van der Waals surface area contributed by atoms with Crippen LogP contribution in [0.15, 0.2) is 543 Å². The second-order valence-electron chi connectivity index (χ2n) is 40.8. The van der Waals surface area contributed by atoms with Crippen molar-refractivity contribution in [3.8, 4) is 122 Å². The number of hydrogen-bond donors (Lipinski definition) is 0. The highest BCUT2D eigenvalue weighted by molar-refractivity contribution is 6.29. The van der Waals surface area contributed by atoms with Crippen LogP contribution >= 0.6 is 0 Å². The first-order chi connectivity index (χ1) is 74.4. The molecule has 694 valence electrons. The Kier molecular flexibility index (Phi) is 18.2. The van der Waals surface area contributed by atoms with Crippen molar-refractivity contribution in [2.24, 2.45) is 0 Å². The molecule has 0 aliphatic heterocycles. The standard InChI is InChI=1S/C146H88N2O2/c1-4-35-89(36-5-1)93-70-78-136(120(80-93)91-39-8-3-9-40-91)148(138-88-135-125(86-127(138)116-58-34-68-142-144(116)118-56-23-31-66-140(118)150-142)114-54-21-29-64-133(114)146(135)130-61-26-18-51-111(130)112-52-19-27-62-131(112)146)98-73-77-108-106-74-69-94(81-121(106)104-47-14-15-48-105(104)123(108)84-98)92-41-32-42-95(79-92)99-75-71-96(82-119(99)90-37-6-2-7-38-90)147(97-72-76-107-102-45-11-10-43-100(102)101-44-12-13-46-103(101)122(107)83-97)137-87-134-124(85-126(137)115-57-33-67-141-143(115)117-55-22-30-65-139(117)149-141)113-53-20-28-63-132(113)145(134)128-59-24-16-49-109(128)110-50-17-25-60-129(110)145/h1-88H. The lowest BCUT2D eigenvalue weighted by Crippen LogP contribution is -2.26. The largest absolute Gasteiger partial charge is 0.456 e. The van der Waals surface area contributed by atoms with Crippen LogP contribution in [0.25, 0.3) is 231 Å². The molecule has 0 radical (unpaired) electrons. The van der Waals surface area contributed by atoms with E-state index in [4.69, 9.17) is 8.83 Å². The quantitative estimate of drug-likeness (QED) is 0.108. The van der Waals surface area contributed by atoms with Gasteiger partial charge in [0.25, 0.3) is 0 Å². The minimum Gasteiger partial charge on any atom is -0.456 e. The van der Waals surface area contributed by atoms with Gasteiger partial charge in [0.15, 0.2) is 0 Å². The number of fused-ring (bicyclic) bond motifs is 38. The molecule has 0 unspecified atom stereocenters. The van der Waals surface area contributed by atoms with E-state index in [0.717, 1.165) is 172 Å². The highest BCUT2D eigenvalue weighted by atomic mass is 16.3. The number of hydrogen-bond acceptors (Lipinski definition) is 4. The fraction of sp³-hybridized carbons (Fsp3) is 0.0137. The van der Waals surface area contributed by atoms with Gasteiger partial charge in [0.1, 0.15) is 22.3 Å². The first-order valence-corrected chi connectivity index (χ1v) is 52.1. The van der Waals surface area contributed by atoms with Gasteiger partial charge in [-0.1, -0.05) is 425 Å². The van der Waals surface area contributed by atoms with E-state index in [1.807, 2.05) is 0 Å². The predicted octanol–water partition coefficient (Wildman–Crippen LogP) is 39.7. The Labute approximate surface area is 866 Å². The molecule has 0 fully saturated rings. The van der Waals surface area contributed by atoms with Crippen LogP contribution in [-0.2, 0) is 10.8 Å². The number of para-hydroxylation sites is 2. The Morgan fingerprint density at radius 2 is 0.433 bits per heavy atom. The Morgan fingerprint density at radius 1 is 0.127 bits per heavy atom. The lowest BCUT2D eigenvalue weighted by atomic mass is 9.70. The molecule has 2 aromatic heterocycles. The minimum absolute atomic E-state index is 0.664. The van der Waals surface area contributed by atoms with Gasteiger partial charge < -0.3 is 18.6 Å². The molecule has 4 aliphatic rings. The van der Waals surface area contributed by atoms with Crippen molar-refractivity contribution in [3.05, 3.63) is 578 Å². The Morgan fingerprint density at radius 3 is 0.900 bits per heavy atom. The van der Waals surface area contributed by atoms with Gasteiger partial charge in [-0.05, 0) is 324 Å². The van der Waals surface area contributed by atoms with Gasteiger partial charge >= 0.3 is 0 Å². The number of benzene rings is 26. The van der Waals surface area contributed by atoms with E-state index in [1.165, 1.54) is 137 Å². The molecule has 26 aromatic carbocycles. The average molecular weight is 1900 g/mol. The highest BCUT2D eigenvalue weighted by Gasteiger charge is 2.54. The molecule has 0 amide bonds. The predicted molar refractivity (Wildman–Crippen MR) is 626 cm³/mol. The van der Waals surface area contributed by atoms with E-state index in [2.05, 4.69) is 544 Å². The van der Waals surface area contributed by atoms with Gasteiger partial charge in [-0.3, -0.25) is 0 Å². The third-order valence-electron chi connectivity index (χ3n) is 33.4. The molecule has 150 heavy (non-hydrogen) atoms. The third-order valence-corrected chi connectivity index (χ3v) is 33.4. The summed E-state index contributed by atoms with van der Waals surface area (Å²) < 4.78 is 13.9. The molecule has 2 heterocycles. The van der Waals surface area contributed by atoms with Crippen LogP contribution in [0.4, 0.5) is 34.1 Å². The van der Waals surface area contributed by atoms with Crippen LogP contribution in [0.1, 0.15) is 44.5 Å². The lowest BCUT2D eigenvalue weighted by Gasteiger charge is -2.34. The van der Waals surface area contributed by atoms with Crippen LogP contribution in [0.3, 0.4) is 0 Å². The normalized spacial score (nSPS) is 13.0. The summed E-state index contributed by atoms with van der Waals surface area (Å²) in [5.74, 6) is 0. The average Bonchev–Trinajstić information content (AvgIpc) is 1.50. The zero-order valence-corrected chi connectivity index (χ0v) is 81.5. The monoisotopic (exact) mass is 1900 g/mol. The smallest absolute Gasteiger partial charge is 0.136 e. The fourth-order valence-corrected chi connectivity index (χ4v) is 27.2. The van der Waals surface area contributed by atoms with E-state index in [0.29, 0.717) is 0 Å². The molecule has 28 aromatic rings. The van der Waals surface area contributed by atoms with Crippen LogP contribution in [-0.4, -0.2) is 0 Å². The SMILES string of the molecule is c1ccc(-c2ccc(N(c3ccc4c5ccc(-c6cccc(-c7ccc(N(c8ccc9c%10ccccc%10c%10ccccc%10c9c8)c8cc9c(cc8-c8cccc%10oc%11ccccc%11c8%10)-c8ccccc8C98c9ccccc9-c9ccccc98)cc7-c7ccccc7)c6)cc5c5ccccc5c4c3)c3cc4c(cc3-c3cccc5oc6ccccc6c35)-c3ccccc3C43c4ccccc4-c4ccccc43)c(-c3ccccc3)c2)cc1. The van der Waals surface area contributed by atoms with Gasteiger partial charge in [-0.25, -0.2) is 0 Å². The maximum Gasteiger partial charge on any atom is 0.136 e. The molecule has 0 saturated heterocycles. The highest BCUT2D eigenvalue weighted by Crippen LogP contribution is 2.68. The zero-order chi connectivity index (χ0) is 98.1. The first-order valence-electron chi connectivity index (χ1n) is 52.1. The van der Waals surface area contributed by atoms with Gasteiger partial charge in [-0.15, -0.1) is 0 Å². The summed E-state index contributed by atoms with van der Waals surface area (Å²) in [6, 6.07) is 201. The summed E-state index contributed by atoms with van der Waals surface area (Å²) in [7, 11) is 0. The summed E-state index contributed by atoms with van der Waals surface area (Å²) in [6.07, 6.45) is 0. The molecule has 2 spiro atoms. The molecule has 0 saturated carbocycles. The molecule has 4 aliphatic carbocycles. The van der Waals surface area contributed by atoms with Crippen LogP contribution in [0.2, 0.25) is 0 Å². The summed E-state index contributed by atoms with van der Waals surface area (Å²) in [5, 5.41) is 18.6. The molecule has 0 bridgehead atoms. The second-order valence-corrected chi connectivity index (χ2v) is 40.8. The third kappa shape index (κ3) is 12.0. The molecule has 0 N–H and O–H groups in total. The van der Waals surface area contributed by atoms with Gasteiger partial charge in [-0.2, -0.15) is 0 Å². The van der Waals surface area contributed by atoms with E-state index in [1.54, 1.807) is 0 Å². The summed E-state index contributed by atoms with van der Waals surface area (Å²) >= 11 is 0. The van der Waals surface area contributed by atoms with Crippen molar-refractivity contribution < 1.29 is 8.83 Å². The van der Waals surface area contributed by atoms with Crippen molar-refractivity contribution >= 4 is 143 Å². The fourth-order valence-electron chi connectivity index (χ4n) is 27.2. The first kappa shape index (κ1) is 83.9. The molecular formula is C146H88N2O2. The summed E-state index contributed by atoms with van der Waals surface area (Å²) in [5.41, 5.74) is 43.8. The van der Waals surface area contributed by atoms with Crippen molar-refractivity contribution in [1.82, 2.24) is 0 Å². The van der Waals surface area contributed by atoms with Crippen molar-refractivity contribution in [2.75, 3.05) is 9.80 Å². The van der Waals surface area contributed by atoms with E-state index in [-0.39, 0.29) is 0 Å². The van der Waals surface area contributed by atoms with E-state index < -0.39 is 10.8 Å². The van der Waals surface area contributed by atoms with Crippen molar-refractivity contribution in [3.63, 3.8) is 0 Å². The topological polar surface area (TPSA) is 32.8 Å². The maximum atomic E-state index is 6.93. The number of anilines is 6. The summed E-state index contributed by atoms with van der Waals surface area (Å²) in [4.78, 5) is 5.21. The van der Waals surface area contributed by atoms with Crippen molar-refractivity contribution in [2.45, 2.75) is 10.8 Å². The zero-order valence-electron chi connectivity index (χ0n) is 81.5.